The third-order valence-corrected chi connectivity index (χ3v) is 6.94. The Labute approximate surface area is 191 Å². The summed E-state index contributed by atoms with van der Waals surface area (Å²) in [5.41, 5.74) is 1.36. The molecule has 0 radical (unpaired) electrons. The molecule has 0 aromatic heterocycles. The standard InChI is InChI=1S/C23H23BrN2O4S/c1-2-30-19-12-14-20(15-13-19)31(28,29)26(16-18-8-4-3-5-9-18)17-23(27)25-22-11-7-6-10-21(22)24/h3-15H,2,16-17H2,1H3,(H,25,27). The molecule has 1 amide bonds. The van der Waals surface area contributed by atoms with E-state index in [4.69, 9.17) is 4.74 Å². The van der Waals surface area contributed by atoms with Crippen LogP contribution in [0, 0.1) is 0 Å². The molecule has 31 heavy (non-hydrogen) atoms. The summed E-state index contributed by atoms with van der Waals surface area (Å²) >= 11 is 3.38. The second-order valence-electron chi connectivity index (χ2n) is 6.69. The van der Waals surface area contributed by atoms with Crippen LogP contribution in [0.5, 0.6) is 5.75 Å². The van der Waals surface area contributed by atoms with Gasteiger partial charge in [-0.05, 0) is 64.8 Å². The normalized spacial score (nSPS) is 11.3. The maximum absolute atomic E-state index is 13.4. The number of benzene rings is 3. The summed E-state index contributed by atoms with van der Waals surface area (Å²) < 4.78 is 34.0. The second-order valence-corrected chi connectivity index (χ2v) is 9.48. The molecule has 3 rings (SSSR count). The lowest BCUT2D eigenvalue weighted by Gasteiger charge is -2.22. The highest BCUT2D eigenvalue weighted by Crippen LogP contribution is 2.23. The van der Waals surface area contributed by atoms with Crippen molar-refractivity contribution in [3.8, 4) is 5.75 Å². The first-order valence-electron chi connectivity index (χ1n) is 9.71. The smallest absolute Gasteiger partial charge is 0.243 e. The van der Waals surface area contributed by atoms with E-state index in [1.54, 1.807) is 30.3 Å². The van der Waals surface area contributed by atoms with Crippen LogP contribution >= 0.6 is 15.9 Å². The highest BCUT2D eigenvalue weighted by molar-refractivity contribution is 9.10. The van der Waals surface area contributed by atoms with Crippen LogP contribution in [0.25, 0.3) is 0 Å². The van der Waals surface area contributed by atoms with Crippen LogP contribution < -0.4 is 10.1 Å². The number of carbonyl (C=O) groups is 1. The molecule has 0 saturated heterocycles. The zero-order valence-corrected chi connectivity index (χ0v) is 19.4. The Kier molecular flexibility index (Phi) is 7.84. The third-order valence-electron chi connectivity index (χ3n) is 4.44. The SMILES string of the molecule is CCOc1ccc(S(=O)(=O)N(CC(=O)Nc2ccccc2Br)Cc2ccccc2)cc1. The van der Waals surface area contributed by atoms with E-state index in [9.17, 15) is 13.2 Å². The van der Waals surface area contributed by atoms with E-state index in [2.05, 4.69) is 21.2 Å². The van der Waals surface area contributed by atoms with Crippen LogP contribution in [-0.2, 0) is 21.4 Å². The van der Waals surface area contributed by atoms with Gasteiger partial charge in [0.15, 0.2) is 0 Å². The van der Waals surface area contributed by atoms with E-state index in [0.717, 1.165) is 5.56 Å². The van der Waals surface area contributed by atoms with Gasteiger partial charge >= 0.3 is 0 Å². The van der Waals surface area contributed by atoms with Crippen molar-refractivity contribution in [2.24, 2.45) is 0 Å². The monoisotopic (exact) mass is 502 g/mol. The van der Waals surface area contributed by atoms with Crippen LogP contribution in [0.3, 0.4) is 0 Å². The summed E-state index contributed by atoms with van der Waals surface area (Å²) in [6.45, 7) is 2.09. The predicted octanol–water partition coefficient (Wildman–Crippen LogP) is 4.68. The van der Waals surface area contributed by atoms with Crippen molar-refractivity contribution in [1.82, 2.24) is 4.31 Å². The number of ether oxygens (including phenoxy) is 1. The molecule has 3 aromatic rings. The van der Waals surface area contributed by atoms with Gasteiger partial charge < -0.3 is 10.1 Å². The molecule has 0 aliphatic heterocycles. The number of para-hydroxylation sites is 1. The van der Waals surface area contributed by atoms with E-state index in [-0.39, 0.29) is 18.0 Å². The molecule has 0 unspecified atom stereocenters. The topological polar surface area (TPSA) is 75.7 Å². The van der Waals surface area contributed by atoms with Crippen molar-refractivity contribution in [1.29, 1.82) is 0 Å². The molecule has 3 aromatic carbocycles. The van der Waals surface area contributed by atoms with Gasteiger partial charge in [-0.15, -0.1) is 0 Å². The fourth-order valence-corrected chi connectivity index (χ4v) is 4.72. The molecule has 0 aliphatic carbocycles. The molecule has 0 saturated carbocycles. The minimum atomic E-state index is -3.92. The molecular weight excluding hydrogens is 480 g/mol. The molecule has 0 heterocycles. The van der Waals surface area contributed by atoms with Gasteiger partial charge in [0.05, 0.1) is 23.7 Å². The van der Waals surface area contributed by atoms with Gasteiger partial charge in [0, 0.05) is 11.0 Å². The van der Waals surface area contributed by atoms with Crippen molar-refractivity contribution in [2.75, 3.05) is 18.5 Å². The van der Waals surface area contributed by atoms with E-state index in [1.807, 2.05) is 43.3 Å². The molecule has 8 heteroatoms. The van der Waals surface area contributed by atoms with Gasteiger partial charge in [-0.1, -0.05) is 42.5 Å². The molecule has 1 N–H and O–H groups in total. The Balaban J connectivity index is 1.86. The quantitative estimate of drug-likeness (QED) is 0.460. The van der Waals surface area contributed by atoms with Gasteiger partial charge in [-0.3, -0.25) is 4.79 Å². The average Bonchev–Trinajstić information content (AvgIpc) is 2.76. The molecule has 0 bridgehead atoms. The fourth-order valence-electron chi connectivity index (χ4n) is 2.95. The minimum absolute atomic E-state index is 0.0692. The van der Waals surface area contributed by atoms with Crippen LogP contribution in [-0.4, -0.2) is 31.8 Å². The first-order valence-corrected chi connectivity index (χ1v) is 11.9. The fraction of sp³-hybridized carbons (Fsp3) is 0.174. The number of carbonyl (C=O) groups excluding carboxylic acids is 1. The summed E-state index contributed by atoms with van der Waals surface area (Å²) in [4.78, 5) is 12.8. The Morgan fingerprint density at radius 3 is 2.26 bits per heavy atom. The average molecular weight is 503 g/mol. The summed E-state index contributed by atoms with van der Waals surface area (Å²) in [6, 6.07) is 22.5. The predicted molar refractivity (Wildman–Crippen MR) is 124 cm³/mol. The number of hydrogen-bond donors (Lipinski definition) is 1. The Bertz CT molecular complexity index is 1120. The van der Waals surface area contributed by atoms with Crippen LogP contribution in [0.15, 0.2) is 88.2 Å². The number of nitrogens with one attached hydrogen (secondary N) is 1. The molecule has 6 nitrogen and oxygen atoms in total. The maximum Gasteiger partial charge on any atom is 0.243 e. The van der Waals surface area contributed by atoms with E-state index in [0.29, 0.717) is 22.5 Å². The summed E-state index contributed by atoms with van der Waals surface area (Å²) in [7, 11) is -3.92. The van der Waals surface area contributed by atoms with Gasteiger partial charge in [0.2, 0.25) is 15.9 Å². The van der Waals surface area contributed by atoms with Crippen molar-refractivity contribution >= 4 is 37.5 Å². The Morgan fingerprint density at radius 1 is 0.968 bits per heavy atom. The zero-order valence-electron chi connectivity index (χ0n) is 17.0. The number of sulfonamides is 1. The highest BCUT2D eigenvalue weighted by Gasteiger charge is 2.27. The van der Waals surface area contributed by atoms with Crippen LogP contribution in [0.4, 0.5) is 5.69 Å². The Hall–Kier alpha value is -2.68. The van der Waals surface area contributed by atoms with E-state index >= 15 is 0 Å². The number of anilines is 1. The van der Waals surface area contributed by atoms with Gasteiger partial charge in [0.25, 0.3) is 0 Å². The molecule has 0 fully saturated rings. The molecule has 162 valence electrons. The van der Waals surface area contributed by atoms with Crippen molar-refractivity contribution in [3.63, 3.8) is 0 Å². The number of nitrogens with zero attached hydrogens (tertiary/aromatic N) is 1. The highest BCUT2D eigenvalue weighted by atomic mass is 79.9. The first-order chi connectivity index (χ1) is 14.9. The lowest BCUT2D eigenvalue weighted by Crippen LogP contribution is -2.37. The first kappa shape index (κ1) is 23.0. The summed E-state index contributed by atoms with van der Waals surface area (Å²) in [5.74, 6) is 0.153. The van der Waals surface area contributed by atoms with Crippen LogP contribution in [0.2, 0.25) is 0 Å². The molecular formula is C23H23BrN2O4S. The Morgan fingerprint density at radius 2 is 1.61 bits per heavy atom. The van der Waals surface area contributed by atoms with Crippen molar-refractivity contribution in [2.45, 2.75) is 18.4 Å². The van der Waals surface area contributed by atoms with Gasteiger partial charge in [0.1, 0.15) is 5.75 Å². The van der Waals surface area contributed by atoms with E-state index < -0.39 is 15.9 Å². The number of halogens is 1. The van der Waals surface area contributed by atoms with Crippen molar-refractivity contribution in [3.05, 3.63) is 88.9 Å². The number of hydrogen-bond acceptors (Lipinski definition) is 4. The second kappa shape index (κ2) is 10.6. The number of rotatable bonds is 9. The van der Waals surface area contributed by atoms with Crippen molar-refractivity contribution < 1.29 is 17.9 Å². The molecule has 0 spiro atoms. The largest absolute Gasteiger partial charge is 0.494 e. The number of amides is 1. The lowest BCUT2D eigenvalue weighted by molar-refractivity contribution is -0.116. The summed E-state index contributed by atoms with van der Waals surface area (Å²) in [5, 5.41) is 2.76. The molecule has 0 aliphatic rings. The lowest BCUT2D eigenvalue weighted by atomic mass is 10.2. The third kappa shape index (κ3) is 6.16. The van der Waals surface area contributed by atoms with Gasteiger partial charge in [-0.25, -0.2) is 8.42 Å². The van der Waals surface area contributed by atoms with E-state index in [1.165, 1.54) is 16.4 Å². The summed E-state index contributed by atoms with van der Waals surface area (Å²) in [6.07, 6.45) is 0. The maximum atomic E-state index is 13.4. The molecule has 0 atom stereocenters. The van der Waals surface area contributed by atoms with Gasteiger partial charge in [-0.2, -0.15) is 4.31 Å². The minimum Gasteiger partial charge on any atom is -0.494 e. The van der Waals surface area contributed by atoms with Crippen LogP contribution in [0.1, 0.15) is 12.5 Å². The zero-order chi connectivity index (χ0) is 22.3.